The topological polar surface area (TPSA) is 93.7 Å². The van der Waals surface area contributed by atoms with Gasteiger partial charge in [-0.15, -0.1) is 0 Å². The molecular formula is C24H30FN5O2. The summed E-state index contributed by atoms with van der Waals surface area (Å²) in [7, 11) is 0. The van der Waals surface area contributed by atoms with Crippen LogP contribution in [0.2, 0.25) is 0 Å². The van der Waals surface area contributed by atoms with E-state index < -0.39 is 6.04 Å². The van der Waals surface area contributed by atoms with Gasteiger partial charge in [0.05, 0.1) is 24.2 Å². The molecule has 0 spiro atoms. The average molecular weight is 440 g/mol. The van der Waals surface area contributed by atoms with Crippen molar-refractivity contribution in [3.05, 3.63) is 35.6 Å². The Kier molecular flexibility index (Phi) is 5.64. The van der Waals surface area contributed by atoms with Crippen LogP contribution < -0.4 is 5.73 Å². The van der Waals surface area contributed by atoms with Crippen LogP contribution in [0.15, 0.2) is 24.3 Å². The first-order valence-electron chi connectivity index (χ1n) is 11.8. The number of hydrogen-bond donors (Lipinski definition) is 1. The number of nitriles is 1. The number of carbonyl (C=O) groups excluding carboxylic acids is 2. The number of nitrogens with two attached hydrogens (primary N) is 1. The van der Waals surface area contributed by atoms with Crippen LogP contribution in [0, 0.1) is 23.1 Å². The molecule has 8 heteroatoms. The number of fused-ring (bicyclic) bond motifs is 2. The minimum absolute atomic E-state index is 0.00899. The number of likely N-dealkylation sites (tertiary alicyclic amines) is 3. The van der Waals surface area contributed by atoms with E-state index in [0.29, 0.717) is 32.0 Å². The molecule has 2 N–H and O–H groups in total. The molecule has 1 aromatic carbocycles. The van der Waals surface area contributed by atoms with Crippen molar-refractivity contribution in [2.24, 2.45) is 11.7 Å². The largest absolute Gasteiger partial charge is 0.330 e. The molecule has 5 rings (SSSR count). The summed E-state index contributed by atoms with van der Waals surface area (Å²) in [4.78, 5) is 31.9. The average Bonchev–Trinajstić information content (AvgIpc) is 3.45. The Bertz CT molecular complexity index is 927. The van der Waals surface area contributed by atoms with E-state index in [1.807, 2.05) is 21.9 Å². The zero-order valence-corrected chi connectivity index (χ0v) is 18.2. The van der Waals surface area contributed by atoms with E-state index >= 15 is 0 Å². The van der Waals surface area contributed by atoms with Crippen molar-refractivity contribution in [3.8, 4) is 6.07 Å². The highest BCUT2D eigenvalue weighted by molar-refractivity contribution is 5.87. The Hall–Kier alpha value is -2.50. The Morgan fingerprint density at radius 2 is 1.97 bits per heavy atom. The monoisotopic (exact) mass is 439 g/mol. The maximum absolute atomic E-state index is 13.5. The van der Waals surface area contributed by atoms with Gasteiger partial charge in [0.15, 0.2) is 0 Å². The summed E-state index contributed by atoms with van der Waals surface area (Å²) < 4.78 is 13.5. The second-order valence-corrected chi connectivity index (χ2v) is 9.72. The van der Waals surface area contributed by atoms with Gasteiger partial charge in [-0.2, -0.15) is 5.26 Å². The molecule has 3 aliphatic heterocycles. The maximum Gasteiger partial charge on any atom is 0.241 e. The van der Waals surface area contributed by atoms with E-state index in [-0.39, 0.29) is 41.8 Å². The molecule has 2 bridgehead atoms. The van der Waals surface area contributed by atoms with Crippen molar-refractivity contribution < 1.29 is 14.0 Å². The number of piperazine rings is 1. The zero-order valence-electron chi connectivity index (χ0n) is 18.2. The number of amides is 2. The SMILES string of the molecule is N#CC1CCCN1C(=O)C(N)CN1C[C@@H]2CC1C(=O)N2C(c1ccc(F)cc1)C1CCC1. The maximum atomic E-state index is 13.5. The Morgan fingerprint density at radius 3 is 2.59 bits per heavy atom. The van der Waals surface area contributed by atoms with E-state index in [1.54, 1.807) is 4.90 Å². The van der Waals surface area contributed by atoms with Crippen LogP contribution in [0.3, 0.4) is 0 Å². The van der Waals surface area contributed by atoms with Gasteiger partial charge in [-0.3, -0.25) is 14.5 Å². The van der Waals surface area contributed by atoms with Crippen molar-refractivity contribution in [3.63, 3.8) is 0 Å². The zero-order chi connectivity index (χ0) is 22.4. The van der Waals surface area contributed by atoms with Gasteiger partial charge in [-0.25, -0.2) is 4.39 Å². The molecule has 4 fully saturated rings. The lowest BCUT2D eigenvalue weighted by molar-refractivity contribution is -0.143. The summed E-state index contributed by atoms with van der Waals surface area (Å²) in [5.74, 6) is 0.0500. The van der Waals surface area contributed by atoms with Crippen LogP contribution >= 0.6 is 0 Å². The van der Waals surface area contributed by atoms with E-state index in [2.05, 4.69) is 6.07 Å². The molecule has 7 nitrogen and oxygen atoms in total. The van der Waals surface area contributed by atoms with Crippen molar-refractivity contribution in [2.45, 2.75) is 68.7 Å². The summed E-state index contributed by atoms with van der Waals surface area (Å²) in [5.41, 5.74) is 7.25. The number of carbonyl (C=O) groups is 2. The van der Waals surface area contributed by atoms with E-state index in [4.69, 9.17) is 5.73 Å². The van der Waals surface area contributed by atoms with Crippen LogP contribution in [0.25, 0.3) is 0 Å². The molecule has 3 heterocycles. The fourth-order valence-electron chi connectivity index (χ4n) is 6.04. The van der Waals surface area contributed by atoms with Gasteiger partial charge in [0.1, 0.15) is 11.9 Å². The number of nitrogens with zero attached hydrogens (tertiary/aromatic N) is 4. The lowest BCUT2D eigenvalue weighted by Gasteiger charge is -2.45. The van der Waals surface area contributed by atoms with Crippen LogP contribution in [0.1, 0.15) is 50.1 Å². The summed E-state index contributed by atoms with van der Waals surface area (Å²) >= 11 is 0. The van der Waals surface area contributed by atoms with Gasteiger partial charge in [0.25, 0.3) is 0 Å². The van der Waals surface area contributed by atoms with Crippen LogP contribution in [-0.2, 0) is 9.59 Å². The van der Waals surface area contributed by atoms with Crippen LogP contribution in [0.5, 0.6) is 0 Å². The van der Waals surface area contributed by atoms with Gasteiger partial charge in [-0.05, 0) is 55.7 Å². The lowest BCUT2D eigenvalue weighted by atomic mass is 9.76. The molecule has 3 saturated heterocycles. The number of hydrogen-bond acceptors (Lipinski definition) is 5. The van der Waals surface area contributed by atoms with E-state index in [1.165, 1.54) is 18.6 Å². The summed E-state index contributed by atoms with van der Waals surface area (Å²) in [5, 5.41) is 9.27. The molecule has 5 atom stereocenters. The van der Waals surface area contributed by atoms with E-state index in [0.717, 1.165) is 31.2 Å². The first-order valence-corrected chi connectivity index (χ1v) is 11.8. The quantitative estimate of drug-likeness (QED) is 0.730. The van der Waals surface area contributed by atoms with Crippen molar-refractivity contribution in [1.82, 2.24) is 14.7 Å². The predicted molar refractivity (Wildman–Crippen MR) is 115 cm³/mol. The molecule has 4 aliphatic rings. The Balaban J connectivity index is 1.28. The van der Waals surface area contributed by atoms with Crippen molar-refractivity contribution in [2.75, 3.05) is 19.6 Å². The molecular weight excluding hydrogens is 409 g/mol. The van der Waals surface area contributed by atoms with Crippen LogP contribution in [0.4, 0.5) is 4.39 Å². The molecule has 1 aliphatic carbocycles. The third-order valence-corrected chi connectivity index (χ3v) is 7.86. The van der Waals surface area contributed by atoms with Crippen molar-refractivity contribution in [1.29, 1.82) is 5.26 Å². The highest BCUT2D eigenvalue weighted by atomic mass is 19.1. The molecule has 2 amide bonds. The van der Waals surface area contributed by atoms with Crippen molar-refractivity contribution >= 4 is 11.8 Å². The Labute approximate surface area is 187 Å². The molecule has 0 radical (unpaired) electrons. The number of benzene rings is 1. The fraction of sp³-hybridized carbons (Fsp3) is 0.625. The lowest BCUT2D eigenvalue weighted by Crippen LogP contribution is -2.57. The number of halogens is 1. The molecule has 4 unspecified atom stereocenters. The van der Waals surface area contributed by atoms with E-state index in [9.17, 15) is 19.2 Å². The summed E-state index contributed by atoms with van der Waals surface area (Å²) in [6.07, 6.45) is 5.61. The van der Waals surface area contributed by atoms with Gasteiger partial charge in [0, 0.05) is 25.7 Å². The van der Waals surface area contributed by atoms with Crippen LogP contribution in [-0.4, -0.2) is 70.3 Å². The first-order chi connectivity index (χ1) is 15.5. The minimum atomic E-state index is -0.732. The highest BCUT2D eigenvalue weighted by Crippen LogP contribution is 2.47. The molecule has 170 valence electrons. The van der Waals surface area contributed by atoms with Gasteiger partial charge in [-0.1, -0.05) is 18.6 Å². The third kappa shape index (κ3) is 3.57. The fourth-order valence-corrected chi connectivity index (χ4v) is 6.04. The smallest absolute Gasteiger partial charge is 0.241 e. The highest BCUT2D eigenvalue weighted by Gasteiger charge is 2.54. The third-order valence-electron chi connectivity index (χ3n) is 7.86. The first kappa shape index (κ1) is 21.4. The predicted octanol–water partition coefficient (Wildman–Crippen LogP) is 1.79. The van der Waals surface area contributed by atoms with Gasteiger partial charge < -0.3 is 15.5 Å². The minimum Gasteiger partial charge on any atom is -0.330 e. The normalized spacial score (nSPS) is 29.8. The summed E-state index contributed by atoms with van der Waals surface area (Å²) in [6, 6.07) is 7.46. The molecule has 1 saturated carbocycles. The summed E-state index contributed by atoms with van der Waals surface area (Å²) in [6.45, 7) is 1.60. The number of rotatable bonds is 6. The van der Waals surface area contributed by atoms with Gasteiger partial charge >= 0.3 is 0 Å². The standard InChI is InChI=1S/C24H30FN5O2/c25-17-8-6-16(7-9-17)22(15-3-1-4-15)30-19-11-21(24(30)32)28(13-19)14-20(27)23(31)29-10-2-5-18(29)12-26/h6-9,15,18-22H,1-5,10-11,13-14,27H2/t18?,19-,20?,21?,22?/m0/s1. The molecule has 0 aromatic heterocycles. The molecule has 32 heavy (non-hydrogen) atoms. The second-order valence-electron chi connectivity index (χ2n) is 9.72. The Morgan fingerprint density at radius 1 is 1.22 bits per heavy atom. The molecule has 1 aromatic rings. The van der Waals surface area contributed by atoms with Gasteiger partial charge in [0.2, 0.25) is 11.8 Å². The second kappa shape index (κ2) is 8.45.